The van der Waals surface area contributed by atoms with Crippen molar-refractivity contribution in [2.24, 2.45) is 5.92 Å². The number of aromatic nitrogens is 4. The van der Waals surface area contributed by atoms with Crippen molar-refractivity contribution in [3.8, 4) is 0 Å². The second-order valence-electron chi connectivity index (χ2n) is 5.97. The van der Waals surface area contributed by atoms with Crippen LogP contribution >= 0.6 is 11.3 Å². The predicted octanol–water partition coefficient (Wildman–Crippen LogP) is 1.74. The number of ether oxygens (including phenoxy) is 1. The number of rotatable bonds is 6. The van der Waals surface area contributed by atoms with Crippen LogP contribution in [0.15, 0.2) is 17.5 Å². The maximum atomic E-state index is 12.3. The van der Waals surface area contributed by atoms with Crippen LogP contribution in [-0.2, 0) is 22.7 Å². The van der Waals surface area contributed by atoms with Gasteiger partial charge in [0.15, 0.2) is 12.4 Å². The molecule has 0 radical (unpaired) electrons. The van der Waals surface area contributed by atoms with E-state index in [2.05, 4.69) is 15.5 Å². The second-order valence-corrected chi connectivity index (χ2v) is 6.92. The molecule has 3 rings (SSSR count). The number of nitrogens with zero attached hydrogens (tertiary/aromatic N) is 5. The van der Waals surface area contributed by atoms with Gasteiger partial charge in [-0.15, -0.1) is 16.4 Å². The molecule has 1 amide bonds. The number of aryl methyl sites for hydroxylation is 1. The van der Waals surface area contributed by atoms with Crippen molar-refractivity contribution in [1.82, 2.24) is 25.1 Å². The Morgan fingerprint density at radius 3 is 2.84 bits per heavy atom. The summed E-state index contributed by atoms with van der Waals surface area (Å²) in [4.78, 5) is 27.1. The molecule has 0 bridgehead atoms. The SMILES string of the molecule is CCCn1nnnc1COC(=O)C1CCN(C(=O)c2cccs2)CC1. The van der Waals surface area contributed by atoms with E-state index < -0.39 is 0 Å². The number of likely N-dealkylation sites (tertiary alicyclic amines) is 1. The maximum absolute atomic E-state index is 12.3. The molecule has 0 N–H and O–H groups in total. The Hall–Kier alpha value is -2.29. The van der Waals surface area contributed by atoms with Crippen LogP contribution in [0.5, 0.6) is 0 Å². The zero-order valence-electron chi connectivity index (χ0n) is 14.1. The molecule has 0 aromatic carbocycles. The highest BCUT2D eigenvalue weighted by Crippen LogP contribution is 2.22. The van der Waals surface area contributed by atoms with Gasteiger partial charge in [0.1, 0.15) is 0 Å². The number of piperidine rings is 1. The zero-order valence-corrected chi connectivity index (χ0v) is 14.9. The summed E-state index contributed by atoms with van der Waals surface area (Å²) in [5.41, 5.74) is 0. The van der Waals surface area contributed by atoms with E-state index in [1.807, 2.05) is 24.4 Å². The van der Waals surface area contributed by atoms with Gasteiger partial charge >= 0.3 is 5.97 Å². The summed E-state index contributed by atoms with van der Waals surface area (Å²) in [6, 6.07) is 3.70. The van der Waals surface area contributed by atoms with Crippen molar-refractivity contribution in [3.05, 3.63) is 28.2 Å². The first-order valence-electron chi connectivity index (χ1n) is 8.43. The van der Waals surface area contributed by atoms with Crippen molar-refractivity contribution in [2.45, 2.75) is 39.3 Å². The van der Waals surface area contributed by atoms with Crippen LogP contribution in [0.2, 0.25) is 0 Å². The molecule has 0 saturated carbocycles. The van der Waals surface area contributed by atoms with Crippen molar-refractivity contribution < 1.29 is 14.3 Å². The van der Waals surface area contributed by atoms with E-state index in [0.717, 1.165) is 11.3 Å². The summed E-state index contributed by atoms with van der Waals surface area (Å²) in [5, 5.41) is 13.3. The van der Waals surface area contributed by atoms with Crippen LogP contribution in [-0.4, -0.2) is 50.1 Å². The van der Waals surface area contributed by atoms with Gasteiger partial charge < -0.3 is 9.64 Å². The smallest absolute Gasteiger partial charge is 0.309 e. The number of amides is 1. The Labute approximate surface area is 149 Å². The van der Waals surface area contributed by atoms with Gasteiger partial charge in [0.05, 0.1) is 10.8 Å². The number of tetrazole rings is 1. The van der Waals surface area contributed by atoms with E-state index in [0.29, 0.717) is 38.3 Å². The number of hydrogen-bond acceptors (Lipinski definition) is 7. The van der Waals surface area contributed by atoms with E-state index >= 15 is 0 Å². The molecule has 134 valence electrons. The van der Waals surface area contributed by atoms with E-state index in [-0.39, 0.29) is 24.4 Å². The van der Waals surface area contributed by atoms with Gasteiger partial charge in [-0.3, -0.25) is 9.59 Å². The van der Waals surface area contributed by atoms with Crippen LogP contribution < -0.4 is 0 Å². The zero-order chi connectivity index (χ0) is 17.6. The van der Waals surface area contributed by atoms with Gasteiger partial charge in [-0.25, -0.2) is 4.68 Å². The third-order valence-electron chi connectivity index (χ3n) is 4.23. The van der Waals surface area contributed by atoms with Gasteiger partial charge in [-0.1, -0.05) is 13.0 Å². The minimum absolute atomic E-state index is 0.0422. The second kappa shape index (κ2) is 8.19. The lowest BCUT2D eigenvalue weighted by molar-refractivity contribution is -0.151. The minimum atomic E-state index is -0.241. The highest BCUT2D eigenvalue weighted by Gasteiger charge is 2.29. The van der Waals surface area contributed by atoms with Gasteiger partial charge in [-0.05, 0) is 41.1 Å². The van der Waals surface area contributed by atoms with Crippen molar-refractivity contribution in [3.63, 3.8) is 0 Å². The van der Waals surface area contributed by atoms with Gasteiger partial charge in [0.25, 0.3) is 5.91 Å². The standard InChI is InChI=1S/C16H21N5O3S/c1-2-7-21-14(17-18-19-21)11-24-16(23)12-5-8-20(9-6-12)15(22)13-4-3-10-25-13/h3-4,10,12H,2,5-9,11H2,1H3. The van der Waals surface area contributed by atoms with Gasteiger partial charge in [0, 0.05) is 19.6 Å². The summed E-state index contributed by atoms with van der Waals surface area (Å²) < 4.78 is 7.03. The average Bonchev–Trinajstić information content (AvgIpc) is 3.31. The lowest BCUT2D eigenvalue weighted by atomic mass is 9.97. The normalized spacial score (nSPS) is 15.3. The van der Waals surface area contributed by atoms with Crippen LogP contribution in [0.1, 0.15) is 41.7 Å². The Kier molecular flexibility index (Phi) is 5.75. The predicted molar refractivity (Wildman–Crippen MR) is 90.9 cm³/mol. The van der Waals surface area contributed by atoms with Crippen molar-refractivity contribution in [1.29, 1.82) is 0 Å². The Morgan fingerprint density at radius 2 is 2.16 bits per heavy atom. The number of thiophene rings is 1. The summed E-state index contributed by atoms with van der Waals surface area (Å²) in [6.07, 6.45) is 2.15. The third-order valence-corrected chi connectivity index (χ3v) is 5.09. The Bertz CT molecular complexity index is 707. The molecular formula is C16H21N5O3S. The number of carbonyl (C=O) groups excluding carboxylic acids is 2. The molecule has 1 aliphatic rings. The highest BCUT2D eigenvalue weighted by atomic mass is 32.1. The molecule has 1 aliphatic heterocycles. The van der Waals surface area contributed by atoms with Gasteiger partial charge in [0.2, 0.25) is 0 Å². The first-order valence-corrected chi connectivity index (χ1v) is 9.31. The molecule has 1 saturated heterocycles. The maximum Gasteiger partial charge on any atom is 0.309 e. The molecule has 0 aliphatic carbocycles. The van der Waals surface area contributed by atoms with E-state index in [1.54, 1.807) is 9.58 Å². The molecule has 3 heterocycles. The lowest BCUT2D eigenvalue weighted by Gasteiger charge is -2.30. The molecule has 2 aromatic rings. The first-order chi connectivity index (χ1) is 12.2. The summed E-state index contributed by atoms with van der Waals surface area (Å²) in [5.74, 6) is 0.179. The lowest BCUT2D eigenvalue weighted by Crippen LogP contribution is -2.40. The molecule has 0 spiro atoms. The van der Waals surface area contributed by atoms with Crippen LogP contribution in [0.3, 0.4) is 0 Å². The van der Waals surface area contributed by atoms with Crippen molar-refractivity contribution in [2.75, 3.05) is 13.1 Å². The largest absolute Gasteiger partial charge is 0.457 e. The summed E-state index contributed by atoms with van der Waals surface area (Å²) in [7, 11) is 0. The van der Waals surface area contributed by atoms with E-state index in [4.69, 9.17) is 4.74 Å². The Balaban J connectivity index is 1.47. The first kappa shape index (κ1) is 17.5. The summed E-state index contributed by atoms with van der Waals surface area (Å²) >= 11 is 1.44. The highest BCUT2D eigenvalue weighted by molar-refractivity contribution is 7.12. The number of esters is 1. The molecule has 9 heteroatoms. The van der Waals surface area contributed by atoms with Crippen LogP contribution in [0, 0.1) is 5.92 Å². The number of hydrogen-bond donors (Lipinski definition) is 0. The molecule has 8 nitrogen and oxygen atoms in total. The fourth-order valence-electron chi connectivity index (χ4n) is 2.84. The van der Waals surface area contributed by atoms with Crippen LogP contribution in [0.4, 0.5) is 0 Å². The average molecular weight is 363 g/mol. The molecule has 0 unspecified atom stereocenters. The molecule has 0 atom stereocenters. The molecule has 25 heavy (non-hydrogen) atoms. The molecule has 1 fully saturated rings. The molecule has 2 aromatic heterocycles. The topological polar surface area (TPSA) is 90.2 Å². The monoisotopic (exact) mass is 363 g/mol. The molecular weight excluding hydrogens is 342 g/mol. The quantitative estimate of drug-likeness (QED) is 0.726. The summed E-state index contributed by atoms with van der Waals surface area (Å²) in [6.45, 7) is 3.96. The third kappa shape index (κ3) is 4.22. The fourth-order valence-corrected chi connectivity index (χ4v) is 3.53. The number of carbonyl (C=O) groups is 2. The Morgan fingerprint density at radius 1 is 1.36 bits per heavy atom. The van der Waals surface area contributed by atoms with Gasteiger partial charge in [-0.2, -0.15) is 0 Å². The van der Waals surface area contributed by atoms with Crippen molar-refractivity contribution >= 4 is 23.2 Å². The fraction of sp³-hybridized carbons (Fsp3) is 0.562. The van der Waals surface area contributed by atoms with Crippen LogP contribution in [0.25, 0.3) is 0 Å². The van der Waals surface area contributed by atoms with E-state index in [1.165, 1.54) is 11.3 Å². The van der Waals surface area contributed by atoms with E-state index in [9.17, 15) is 9.59 Å². The minimum Gasteiger partial charge on any atom is -0.457 e.